The second-order valence-electron chi connectivity index (χ2n) is 4.14. The maximum absolute atomic E-state index is 12.1. The van der Waals surface area contributed by atoms with Crippen molar-refractivity contribution in [2.45, 2.75) is 0 Å². The molecule has 0 spiro atoms. The molecule has 2 heterocycles. The lowest BCUT2D eigenvalue weighted by molar-refractivity contribution is -0.379. The highest BCUT2D eigenvalue weighted by Gasteiger charge is 2.21. The second-order valence-corrected chi connectivity index (χ2v) is 5.12. The molecule has 0 atom stereocenters. The fourth-order valence-corrected chi connectivity index (χ4v) is 3.10. The Morgan fingerprint density at radius 2 is 1.85 bits per heavy atom. The second kappa shape index (κ2) is 4.46. The van der Waals surface area contributed by atoms with Crippen molar-refractivity contribution in [2.24, 2.45) is 0 Å². The molecule has 0 radical (unpaired) electrons. The van der Waals surface area contributed by atoms with Crippen molar-refractivity contribution >= 4 is 32.2 Å². The van der Waals surface area contributed by atoms with E-state index >= 15 is 0 Å². The molecule has 2 aromatic heterocycles. The monoisotopic (exact) mass is 287 g/mol. The third kappa shape index (κ3) is 1.76. The van der Waals surface area contributed by atoms with Crippen molar-refractivity contribution in [1.29, 1.82) is 0 Å². The lowest BCUT2D eigenvalue weighted by atomic mass is 10.2. The van der Waals surface area contributed by atoms with Crippen molar-refractivity contribution < 1.29 is 4.92 Å². The Bertz CT molecular complexity index is 868. The van der Waals surface area contributed by atoms with Crippen LogP contribution in [0.1, 0.15) is 0 Å². The van der Waals surface area contributed by atoms with Crippen molar-refractivity contribution in [2.75, 3.05) is 5.73 Å². The summed E-state index contributed by atoms with van der Waals surface area (Å²) in [4.78, 5) is 23.0. The largest absolute Gasteiger partial charge is 0.392 e. The number of nitrogens with two attached hydrogens (primary N) is 1. The molecule has 1 aromatic carbocycles. The Balaban J connectivity index is 2.43. The molecule has 20 heavy (non-hydrogen) atoms. The van der Waals surface area contributed by atoms with Crippen LogP contribution in [0.2, 0.25) is 0 Å². The summed E-state index contributed by atoms with van der Waals surface area (Å²) in [7, 11) is 0. The highest BCUT2D eigenvalue weighted by molar-refractivity contribution is 7.22. The number of hydrogen-bond donors (Lipinski definition) is 1. The molecule has 0 aliphatic carbocycles. The molecular weight excluding hydrogens is 278 g/mol. The van der Waals surface area contributed by atoms with Gasteiger partial charge in [0.1, 0.15) is 10.5 Å². The minimum absolute atomic E-state index is 0.0969. The van der Waals surface area contributed by atoms with Crippen molar-refractivity contribution in [3.8, 4) is 5.69 Å². The summed E-state index contributed by atoms with van der Waals surface area (Å²) in [6.45, 7) is 0. The lowest BCUT2D eigenvalue weighted by Gasteiger charge is -2.06. The molecule has 7 heteroatoms. The standard InChI is InChI=1S/C13H9N3O3S/c14-11-9-6-7-10(17)15(8-4-2-1-3-5-8)12(9)20-13(11)16(18)19/h1-7H,14H2. The zero-order chi connectivity index (χ0) is 14.3. The van der Waals surface area contributed by atoms with Gasteiger partial charge >= 0.3 is 5.00 Å². The van der Waals surface area contributed by atoms with Crippen LogP contribution in [0.4, 0.5) is 10.7 Å². The molecule has 3 rings (SSSR count). The number of aromatic nitrogens is 1. The van der Waals surface area contributed by atoms with E-state index in [1.807, 2.05) is 6.07 Å². The number of rotatable bonds is 2. The molecule has 0 saturated carbocycles. The topological polar surface area (TPSA) is 91.2 Å². The Kier molecular flexibility index (Phi) is 2.76. The summed E-state index contributed by atoms with van der Waals surface area (Å²) in [5.41, 5.74) is 6.29. The van der Waals surface area contributed by atoms with Crippen LogP contribution in [0, 0.1) is 10.1 Å². The Labute approximate surface area is 116 Å². The van der Waals surface area contributed by atoms with E-state index in [1.54, 1.807) is 24.3 Å². The first-order valence-electron chi connectivity index (χ1n) is 5.73. The first kappa shape index (κ1) is 12.4. The number of benzene rings is 1. The predicted octanol–water partition coefficient (Wildman–Crippen LogP) is 2.54. The molecule has 0 aliphatic rings. The Morgan fingerprint density at radius 3 is 2.50 bits per heavy atom. The first-order chi connectivity index (χ1) is 9.59. The fraction of sp³-hybridized carbons (Fsp3) is 0. The number of nitrogen functional groups attached to an aromatic ring is 1. The summed E-state index contributed by atoms with van der Waals surface area (Å²) in [5.74, 6) is 0. The minimum Gasteiger partial charge on any atom is -0.392 e. The maximum atomic E-state index is 12.1. The molecule has 6 nitrogen and oxygen atoms in total. The molecular formula is C13H9N3O3S. The highest BCUT2D eigenvalue weighted by atomic mass is 32.1. The van der Waals surface area contributed by atoms with Gasteiger partial charge in [0, 0.05) is 11.5 Å². The number of pyridine rings is 1. The quantitative estimate of drug-likeness (QED) is 0.579. The summed E-state index contributed by atoms with van der Waals surface area (Å²) in [5, 5.41) is 11.3. The van der Waals surface area contributed by atoms with Gasteiger partial charge in [0.25, 0.3) is 5.56 Å². The van der Waals surface area contributed by atoms with Crippen LogP contribution >= 0.6 is 11.3 Å². The molecule has 0 aliphatic heterocycles. The number of para-hydroxylation sites is 1. The van der Waals surface area contributed by atoms with Gasteiger partial charge in [0.2, 0.25) is 0 Å². The third-order valence-electron chi connectivity index (χ3n) is 2.94. The van der Waals surface area contributed by atoms with Gasteiger partial charge in [-0.1, -0.05) is 18.2 Å². The zero-order valence-electron chi connectivity index (χ0n) is 10.1. The van der Waals surface area contributed by atoms with E-state index in [9.17, 15) is 14.9 Å². The Morgan fingerprint density at radius 1 is 1.15 bits per heavy atom. The summed E-state index contributed by atoms with van der Waals surface area (Å²) >= 11 is 0.907. The molecule has 100 valence electrons. The molecule has 0 bridgehead atoms. The number of anilines is 1. The van der Waals surface area contributed by atoms with Crippen LogP contribution in [0.5, 0.6) is 0 Å². The van der Waals surface area contributed by atoms with E-state index in [0.29, 0.717) is 15.9 Å². The number of thiophene rings is 1. The van der Waals surface area contributed by atoms with Crippen LogP contribution in [-0.4, -0.2) is 9.49 Å². The minimum atomic E-state index is -0.528. The first-order valence-corrected chi connectivity index (χ1v) is 6.55. The van der Waals surface area contributed by atoms with Crippen molar-refractivity contribution in [1.82, 2.24) is 4.57 Å². The van der Waals surface area contributed by atoms with E-state index in [0.717, 1.165) is 11.3 Å². The van der Waals surface area contributed by atoms with E-state index in [4.69, 9.17) is 5.73 Å². The van der Waals surface area contributed by atoms with Gasteiger partial charge in [-0.2, -0.15) is 0 Å². The molecule has 0 fully saturated rings. The SMILES string of the molecule is Nc1c([N+](=O)[O-])sc2c1ccc(=O)n2-c1ccccc1. The number of hydrogen-bond acceptors (Lipinski definition) is 5. The predicted molar refractivity (Wildman–Crippen MR) is 78.5 cm³/mol. The molecule has 0 saturated heterocycles. The summed E-state index contributed by atoms with van der Waals surface area (Å²) in [6.07, 6.45) is 0. The van der Waals surface area contributed by atoms with Gasteiger partial charge in [0.15, 0.2) is 0 Å². The summed E-state index contributed by atoms with van der Waals surface area (Å²) in [6, 6.07) is 11.8. The van der Waals surface area contributed by atoms with Gasteiger partial charge in [-0.25, -0.2) is 0 Å². The Hall–Kier alpha value is -2.67. The maximum Gasteiger partial charge on any atom is 0.349 e. The highest BCUT2D eigenvalue weighted by Crippen LogP contribution is 2.39. The average Bonchev–Trinajstić information content (AvgIpc) is 2.77. The smallest absolute Gasteiger partial charge is 0.349 e. The van der Waals surface area contributed by atoms with Gasteiger partial charge in [-0.3, -0.25) is 19.5 Å². The molecule has 3 aromatic rings. The van der Waals surface area contributed by atoms with Crippen molar-refractivity contribution in [3.05, 3.63) is 62.9 Å². The van der Waals surface area contributed by atoms with Gasteiger partial charge in [-0.15, -0.1) is 0 Å². The van der Waals surface area contributed by atoms with Crippen molar-refractivity contribution in [3.63, 3.8) is 0 Å². The van der Waals surface area contributed by atoms with E-state index in [1.165, 1.54) is 16.7 Å². The third-order valence-corrected chi connectivity index (χ3v) is 4.10. The van der Waals surface area contributed by atoms with E-state index in [-0.39, 0.29) is 16.2 Å². The van der Waals surface area contributed by atoms with Crippen LogP contribution in [0.25, 0.3) is 15.9 Å². The van der Waals surface area contributed by atoms with Crippen LogP contribution in [0.3, 0.4) is 0 Å². The fourth-order valence-electron chi connectivity index (χ4n) is 2.05. The van der Waals surface area contributed by atoms with Crippen LogP contribution in [-0.2, 0) is 0 Å². The molecule has 0 unspecified atom stereocenters. The van der Waals surface area contributed by atoms with Gasteiger partial charge < -0.3 is 5.73 Å². The van der Waals surface area contributed by atoms with Crippen LogP contribution in [0.15, 0.2) is 47.3 Å². The molecule has 2 N–H and O–H groups in total. The normalized spacial score (nSPS) is 10.8. The van der Waals surface area contributed by atoms with Crippen LogP contribution < -0.4 is 11.3 Å². The van der Waals surface area contributed by atoms with Gasteiger partial charge in [-0.05, 0) is 29.5 Å². The summed E-state index contributed by atoms with van der Waals surface area (Å²) < 4.78 is 1.43. The van der Waals surface area contributed by atoms with E-state index in [2.05, 4.69) is 0 Å². The molecule has 0 amide bonds. The number of fused-ring (bicyclic) bond motifs is 1. The lowest BCUT2D eigenvalue weighted by Crippen LogP contribution is -2.16. The number of nitrogens with zero attached hydrogens (tertiary/aromatic N) is 2. The zero-order valence-corrected chi connectivity index (χ0v) is 11.0. The average molecular weight is 287 g/mol. The van der Waals surface area contributed by atoms with E-state index < -0.39 is 4.92 Å². The van der Waals surface area contributed by atoms with Gasteiger partial charge in [0.05, 0.1) is 10.6 Å². The number of nitro groups is 1.